The van der Waals surface area contributed by atoms with Crippen LogP contribution in [0.1, 0.15) is 31.2 Å². The van der Waals surface area contributed by atoms with Crippen LogP contribution in [-0.2, 0) is 11.2 Å². The fourth-order valence-corrected chi connectivity index (χ4v) is 4.52. The molecule has 0 bridgehead atoms. The van der Waals surface area contributed by atoms with E-state index in [2.05, 4.69) is 20.9 Å². The van der Waals surface area contributed by atoms with Gasteiger partial charge in [0.05, 0.1) is 20.3 Å². The molecule has 2 aliphatic rings. The van der Waals surface area contributed by atoms with Gasteiger partial charge in [0.2, 0.25) is 0 Å². The van der Waals surface area contributed by atoms with Crippen LogP contribution >= 0.6 is 0 Å². The maximum atomic E-state index is 13.6. The molecule has 1 N–H and O–H groups in total. The topological polar surface area (TPSA) is 57.8 Å². The Morgan fingerprint density at radius 1 is 1.13 bits per heavy atom. The summed E-state index contributed by atoms with van der Waals surface area (Å²) in [5.41, 5.74) is 1.85. The zero-order valence-corrected chi connectivity index (χ0v) is 17.5. The second-order valence-corrected chi connectivity index (χ2v) is 8.04. The summed E-state index contributed by atoms with van der Waals surface area (Å²) >= 11 is 0. The largest absolute Gasteiger partial charge is 0.496 e. The molecule has 0 unspecified atom stereocenters. The minimum absolute atomic E-state index is 0.0867. The van der Waals surface area contributed by atoms with Crippen molar-refractivity contribution in [3.8, 4) is 5.75 Å². The molecule has 0 spiro atoms. The maximum absolute atomic E-state index is 13.6. The van der Waals surface area contributed by atoms with Crippen LogP contribution in [0.3, 0.4) is 0 Å². The van der Waals surface area contributed by atoms with Crippen molar-refractivity contribution in [3.63, 3.8) is 0 Å². The third-order valence-electron chi connectivity index (χ3n) is 6.08. The number of hydrogen-bond acceptors (Lipinski definition) is 5. The van der Waals surface area contributed by atoms with Gasteiger partial charge in [0.15, 0.2) is 0 Å². The van der Waals surface area contributed by atoms with Crippen molar-refractivity contribution in [1.29, 1.82) is 0 Å². The van der Waals surface area contributed by atoms with Crippen LogP contribution in [0, 0.1) is 5.82 Å². The van der Waals surface area contributed by atoms with E-state index in [1.165, 1.54) is 18.6 Å². The van der Waals surface area contributed by atoms with E-state index in [4.69, 9.17) is 9.47 Å². The molecule has 1 aromatic heterocycles. The van der Waals surface area contributed by atoms with Gasteiger partial charge in [-0.15, -0.1) is 0 Å². The summed E-state index contributed by atoms with van der Waals surface area (Å²) in [6, 6.07) is 8.71. The number of anilines is 2. The Bertz CT molecular complexity index is 911. The fraction of sp³-hybridized carbons (Fsp3) is 0.522. The molecule has 3 heterocycles. The molecule has 30 heavy (non-hydrogen) atoms. The summed E-state index contributed by atoms with van der Waals surface area (Å²) in [6.45, 7) is 3.83. The van der Waals surface area contributed by atoms with Crippen LogP contribution in [0.15, 0.2) is 35.1 Å². The minimum atomic E-state index is -0.295. The molecule has 0 radical (unpaired) electrons. The molecule has 7 heteroatoms. The van der Waals surface area contributed by atoms with E-state index in [0.717, 1.165) is 62.4 Å². The highest BCUT2D eigenvalue weighted by molar-refractivity contribution is 5.56. The lowest BCUT2D eigenvalue weighted by Crippen LogP contribution is -2.39. The highest BCUT2D eigenvalue weighted by atomic mass is 19.1. The van der Waals surface area contributed by atoms with Gasteiger partial charge in [-0.25, -0.2) is 4.39 Å². The Balaban J connectivity index is 1.63. The summed E-state index contributed by atoms with van der Waals surface area (Å²) in [5, 5.41) is 0. The summed E-state index contributed by atoms with van der Waals surface area (Å²) in [5.74, 6) is 1.14. The normalized spacial score (nSPS) is 20.1. The molecule has 2 fully saturated rings. The third-order valence-corrected chi connectivity index (χ3v) is 6.08. The fourth-order valence-electron chi connectivity index (χ4n) is 4.52. The number of morpholine rings is 1. The van der Waals surface area contributed by atoms with Gasteiger partial charge >= 0.3 is 0 Å². The Morgan fingerprint density at radius 2 is 1.97 bits per heavy atom. The first-order chi connectivity index (χ1) is 14.6. The number of hydrogen-bond donors (Lipinski definition) is 1. The zero-order chi connectivity index (χ0) is 20.9. The van der Waals surface area contributed by atoms with Gasteiger partial charge in [-0.3, -0.25) is 4.79 Å². The second-order valence-electron chi connectivity index (χ2n) is 8.04. The Labute approximate surface area is 176 Å². The van der Waals surface area contributed by atoms with E-state index in [-0.39, 0.29) is 17.4 Å². The van der Waals surface area contributed by atoms with E-state index >= 15 is 0 Å². The van der Waals surface area contributed by atoms with Gasteiger partial charge in [0, 0.05) is 49.6 Å². The highest BCUT2D eigenvalue weighted by Gasteiger charge is 2.25. The third kappa shape index (κ3) is 4.78. The number of rotatable bonds is 5. The lowest BCUT2D eigenvalue weighted by molar-refractivity contribution is 0.122. The molecule has 162 valence electrons. The molecule has 1 atom stereocenters. The standard InChI is InChI=1S/C23H30FN3O3/c1-29-21-14-18(24)7-6-17(21)13-19-5-3-2-4-8-27(19)22-15-20(16-23(28)25-22)26-9-11-30-12-10-26/h6-7,14-16,19H,2-5,8-13H2,1H3,(H,25,28)/t19-/m1/s1. The summed E-state index contributed by atoms with van der Waals surface area (Å²) in [4.78, 5) is 20.1. The van der Waals surface area contributed by atoms with Gasteiger partial charge in [-0.05, 0) is 30.9 Å². The number of nitrogens with zero attached hydrogens (tertiary/aromatic N) is 2. The minimum Gasteiger partial charge on any atom is -0.496 e. The number of aromatic amines is 1. The molecule has 4 rings (SSSR count). The Hall–Kier alpha value is -2.54. The number of benzene rings is 1. The van der Waals surface area contributed by atoms with Crippen molar-refractivity contribution in [2.24, 2.45) is 0 Å². The Morgan fingerprint density at radius 3 is 2.77 bits per heavy atom. The molecule has 2 aromatic rings. The van der Waals surface area contributed by atoms with Crippen molar-refractivity contribution < 1.29 is 13.9 Å². The highest BCUT2D eigenvalue weighted by Crippen LogP contribution is 2.30. The molecule has 0 amide bonds. The average molecular weight is 416 g/mol. The zero-order valence-electron chi connectivity index (χ0n) is 17.5. The van der Waals surface area contributed by atoms with Crippen LogP contribution in [0.2, 0.25) is 0 Å². The molecule has 0 aliphatic carbocycles. The molecular weight excluding hydrogens is 385 g/mol. The first-order valence-corrected chi connectivity index (χ1v) is 10.8. The van der Waals surface area contributed by atoms with E-state index in [1.807, 2.05) is 6.07 Å². The van der Waals surface area contributed by atoms with Crippen LogP contribution in [0.4, 0.5) is 15.9 Å². The number of nitrogens with one attached hydrogen (secondary N) is 1. The molecule has 0 saturated carbocycles. The van der Waals surface area contributed by atoms with Gasteiger partial charge < -0.3 is 24.3 Å². The van der Waals surface area contributed by atoms with Crippen molar-refractivity contribution in [2.45, 2.75) is 38.1 Å². The summed E-state index contributed by atoms with van der Waals surface area (Å²) in [7, 11) is 1.58. The molecule has 2 saturated heterocycles. The van der Waals surface area contributed by atoms with Crippen LogP contribution < -0.4 is 20.1 Å². The SMILES string of the molecule is COc1cc(F)ccc1C[C@H]1CCCCCN1c1cc(N2CCOCC2)cc(=O)[nH]1. The van der Waals surface area contributed by atoms with Crippen LogP contribution in [0.5, 0.6) is 5.75 Å². The number of methoxy groups -OCH3 is 1. The van der Waals surface area contributed by atoms with E-state index in [0.29, 0.717) is 19.0 Å². The smallest absolute Gasteiger partial charge is 0.251 e. The summed E-state index contributed by atoms with van der Waals surface area (Å²) < 4.78 is 24.5. The number of pyridine rings is 1. The van der Waals surface area contributed by atoms with Crippen LogP contribution in [-0.4, -0.2) is 51.0 Å². The Kier molecular flexibility index (Phi) is 6.57. The maximum Gasteiger partial charge on any atom is 0.251 e. The van der Waals surface area contributed by atoms with Crippen molar-refractivity contribution >= 4 is 11.5 Å². The summed E-state index contributed by atoms with van der Waals surface area (Å²) in [6.07, 6.45) is 5.15. The molecule has 1 aromatic carbocycles. The molecule has 2 aliphatic heterocycles. The lowest BCUT2D eigenvalue weighted by atomic mass is 9.99. The van der Waals surface area contributed by atoms with Gasteiger partial charge in [-0.2, -0.15) is 0 Å². The van der Waals surface area contributed by atoms with Crippen molar-refractivity contribution in [3.05, 3.63) is 52.1 Å². The number of halogens is 1. The lowest BCUT2D eigenvalue weighted by Gasteiger charge is -2.34. The molecule has 6 nitrogen and oxygen atoms in total. The second kappa shape index (κ2) is 9.51. The van der Waals surface area contributed by atoms with Gasteiger partial charge in [0.25, 0.3) is 5.56 Å². The van der Waals surface area contributed by atoms with Crippen molar-refractivity contribution in [1.82, 2.24) is 4.98 Å². The first-order valence-electron chi connectivity index (χ1n) is 10.8. The number of ether oxygens (including phenoxy) is 2. The van der Waals surface area contributed by atoms with E-state index < -0.39 is 0 Å². The average Bonchev–Trinajstić information content (AvgIpc) is 3.00. The quantitative estimate of drug-likeness (QED) is 0.812. The van der Waals surface area contributed by atoms with E-state index in [1.54, 1.807) is 13.2 Å². The first kappa shape index (κ1) is 20.7. The monoisotopic (exact) mass is 415 g/mol. The van der Waals surface area contributed by atoms with Gasteiger partial charge in [0.1, 0.15) is 17.4 Å². The number of H-pyrrole nitrogens is 1. The van der Waals surface area contributed by atoms with Crippen molar-refractivity contribution in [2.75, 3.05) is 49.8 Å². The van der Waals surface area contributed by atoms with Gasteiger partial charge in [-0.1, -0.05) is 18.9 Å². The predicted octanol–water partition coefficient (Wildman–Crippen LogP) is 3.35. The molecular formula is C23H30FN3O3. The number of aromatic nitrogens is 1. The van der Waals surface area contributed by atoms with E-state index in [9.17, 15) is 9.18 Å². The van der Waals surface area contributed by atoms with Crippen LogP contribution in [0.25, 0.3) is 0 Å². The predicted molar refractivity (Wildman–Crippen MR) is 116 cm³/mol.